The van der Waals surface area contributed by atoms with Gasteiger partial charge in [0.1, 0.15) is 5.76 Å². The quantitative estimate of drug-likeness (QED) is 0.657. The largest absolute Gasteiger partial charge is 0.451 e. The molecular formula is C15H11IN2O2. The summed E-state index contributed by atoms with van der Waals surface area (Å²) in [5, 5.41) is 11.4. The lowest BCUT2D eigenvalue weighted by atomic mass is 10.1. The average Bonchev–Trinajstić information content (AvgIpc) is 2.89. The van der Waals surface area contributed by atoms with E-state index < -0.39 is 0 Å². The summed E-state index contributed by atoms with van der Waals surface area (Å²) in [6.45, 7) is 0.421. The Bertz CT molecular complexity index is 666. The third-order valence-corrected chi connectivity index (χ3v) is 3.12. The molecule has 0 bridgehead atoms. The lowest BCUT2D eigenvalue weighted by Crippen LogP contribution is -2.20. The van der Waals surface area contributed by atoms with Crippen LogP contribution in [0.25, 0.3) is 6.08 Å². The number of rotatable bonds is 4. The number of nitrogens with zero attached hydrogens (tertiary/aromatic N) is 1. The number of hydrogen-bond acceptors (Lipinski definition) is 3. The number of carbonyl (C=O) groups excluding carboxylic acids is 1. The lowest BCUT2D eigenvalue weighted by Gasteiger charge is -2.02. The first kappa shape index (κ1) is 14.3. The van der Waals surface area contributed by atoms with Crippen LogP contribution >= 0.6 is 22.6 Å². The number of furan rings is 1. The van der Waals surface area contributed by atoms with Crippen molar-refractivity contribution in [3.05, 3.63) is 63.1 Å². The van der Waals surface area contributed by atoms with E-state index in [1.54, 1.807) is 24.3 Å². The lowest BCUT2D eigenvalue weighted by molar-refractivity contribution is -0.116. The maximum Gasteiger partial charge on any atom is 0.244 e. The molecule has 1 heterocycles. The zero-order valence-electron chi connectivity index (χ0n) is 10.5. The minimum Gasteiger partial charge on any atom is -0.451 e. The van der Waals surface area contributed by atoms with E-state index in [0.29, 0.717) is 17.9 Å². The molecule has 0 unspecified atom stereocenters. The van der Waals surface area contributed by atoms with Crippen LogP contribution in [0.2, 0.25) is 0 Å². The highest BCUT2D eigenvalue weighted by Crippen LogP contribution is 2.11. The van der Waals surface area contributed by atoms with E-state index in [4.69, 9.17) is 9.68 Å². The highest BCUT2D eigenvalue weighted by Gasteiger charge is 1.99. The molecule has 0 atom stereocenters. The van der Waals surface area contributed by atoms with Crippen molar-refractivity contribution in [3.8, 4) is 6.07 Å². The zero-order valence-corrected chi connectivity index (χ0v) is 12.6. The van der Waals surface area contributed by atoms with Crippen LogP contribution in [0.3, 0.4) is 0 Å². The summed E-state index contributed by atoms with van der Waals surface area (Å²) in [5.41, 5.74) is 1.55. The van der Waals surface area contributed by atoms with Gasteiger partial charge in [-0.15, -0.1) is 0 Å². The zero-order chi connectivity index (χ0) is 14.4. The number of halogens is 1. The molecule has 1 N–H and O–H groups in total. The van der Waals surface area contributed by atoms with E-state index in [-0.39, 0.29) is 5.91 Å². The van der Waals surface area contributed by atoms with Crippen LogP contribution in [0.4, 0.5) is 0 Å². The number of carbonyl (C=O) groups is 1. The average molecular weight is 378 g/mol. The molecule has 20 heavy (non-hydrogen) atoms. The van der Waals surface area contributed by atoms with E-state index in [0.717, 1.165) is 9.33 Å². The minimum absolute atomic E-state index is 0.194. The van der Waals surface area contributed by atoms with Gasteiger partial charge in [0, 0.05) is 12.6 Å². The number of hydrogen-bond donors (Lipinski definition) is 1. The molecule has 2 aromatic rings. The minimum atomic E-state index is -0.194. The number of nitrogens with one attached hydrogen (secondary N) is 1. The van der Waals surface area contributed by atoms with E-state index in [2.05, 4.69) is 27.9 Å². The summed E-state index contributed by atoms with van der Waals surface area (Å²) in [4.78, 5) is 11.6. The Morgan fingerprint density at radius 1 is 1.30 bits per heavy atom. The Balaban J connectivity index is 1.85. The maximum absolute atomic E-state index is 11.6. The Hall–Kier alpha value is -2.07. The van der Waals surface area contributed by atoms with Crippen molar-refractivity contribution in [1.29, 1.82) is 5.26 Å². The third kappa shape index (κ3) is 4.24. The predicted octanol–water partition coefficient (Wildman–Crippen LogP) is 3.09. The van der Waals surface area contributed by atoms with Crippen molar-refractivity contribution < 1.29 is 9.21 Å². The highest BCUT2D eigenvalue weighted by molar-refractivity contribution is 14.1. The normalized spacial score (nSPS) is 10.4. The van der Waals surface area contributed by atoms with Gasteiger partial charge in [-0.2, -0.15) is 5.26 Å². The first-order valence-electron chi connectivity index (χ1n) is 5.87. The molecule has 0 aliphatic carbocycles. The first-order valence-corrected chi connectivity index (χ1v) is 6.95. The summed E-state index contributed by atoms with van der Waals surface area (Å²) >= 11 is 2.06. The summed E-state index contributed by atoms with van der Waals surface area (Å²) in [6, 6.07) is 12.8. The van der Waals surface area contributed by atoms with Gasteiger partial charge >= 0.3 is 0 Å². The van der Waals surface area contributed by atoms with Gasteiger partial charge in [0.2, 0.25) is 5.91 Å². The van der Waals surface area contributed by atoms with Gasteiger partial charge in [0.15, 0.2) is 3.77 Å². The second-order valence-electron chi connectivity index (χ2n) is 4.00. The summed E-state index contributed by atoms with van der Waals surface area (Å²) in [6.07, 6.45) is 3.05. The van der Waals surface area contributed by atoms with Gasteiger partial charge in [-0.1, -0.05) is 12.1 Å². The van der Waals surface area contributed by atoms with Crippen molar-refractivity contribution in [2.24, 2.45) is 0 Å². The second kappa shape index (κ2) is 6.91. The molecule has 0 aliphatic rings. The van der Waals surface area contributed by atoms with Gasteiger partial charge < -0.3 is 9.73 Å². The van der Waals surface area contributed by atoms with Crippen molar-refractivity contribution in [1.82, 2.24) is 5.32 Å². The van der Waals surface area contributed by atoms with Gasteiger partial charge in [-0.25, -0.2) is 0 Å². The molecular weight excluding hydrogens is 367 g/mol. The molecule has 1 aromatic carbocycles. The van der Waals surface area contributed by atoms with E-state index in [1.165, 1.54) is 6.08 Å². The van der Waals surface area contributed by atoms with Crippen molar-refractivity contribution >= 4 is 34.6 Å². The first-order chi connectivity index (χ1) is 9.67. The van der Waals surface area contributed by atoms with E-state index in [1.807, 2.05) is 24.3 Å². The number of benzene rings is 1. The van der Waals surface area contributed by atoms with Crippen LogP contribution in [-0.4, -0.2) is 5.91 Å². The second-order valence-corrected chi connectivity index (χ2v) is 5.06. The summed E-state index contributed by atoms with van der Waals surface area (Å²) in [7, 11) is 0. The maximum atomic E-state index is 11.6. The molecule has 1 aromatic heterocycles. The molecule has 5 heteroatoms. The predicted molar refractivity (Wildman–Crippen MR) is 83.5 cm³/mol. The van der Waals surface area contributed by atoms with Gasteiger partial charge in [0.25, 0.3) is 0 Å². The molecule has 1 amide bonds. The van der Waals surface area contributed by atoms with Crippen molar-refractivity contribution in [2.75, 3.05) is 0 Å². The Morgan fingerprint density at radius 3 is 2.65 bits per heavy atom. The molecule has 0 saturated heterocycles. The van der Waals surface area contributed by atoms with Gasteiger partial charge in [-0.3, -0.25) is 4.79 Å². The molecule has 0 radical (unpaired) electrons. The topological polar surface area (TPSA) is 66.0 Å². The van der Waals surface area contributed by atoms with E-state index in [9.17, 15) is 4.79 Å². The summed E-state index contributed by atoms with van der Waals surface area (Å²) in [5.74, 6) is 0.448. The van der Waals surface area contributed by atoms with Crippen LogP contribution in [0.1, 0.15) is 16.9 Å². The fourth-order valence-corrected chi connectivity index (χ4v) is 1.95. The van der Waals surface area contributed by atoms with Crippen LogP contribution in [-0.2, 0) is 11.3 Å². The fraction of sp³-hybridized carbons (Fsp3) is 0.0667. The van der Waals surface area contributed by atoms with Crippen molar-refractivity contribution in [3.63, 3.8) is 0 Å². The van der Waals surface area contributed by atoms with Gasteiger partial charge in [-0.05, 0) is 58.5 Å². The van der Waals surface area contributed by atoms with Gasteiger partial charge in [0.05, 0.1) is 11.6 Å². The van der Waals surface area contributed by atoms with Crippen LogP contribution in [0.15, 0.2) is 46.9 Å². The molecule has 0 spiro atoms. The molecule has 0 saturated carbocycles. The summed E-state index contributed by atoms with van der Waals surface area (Å²) < 4.78 is 6.09. The smallest absolute Gasteiger partial charge is 0.244 e. The fourth-order valence-electron chi connectivity index (χ4n) is 1.52. The Morgan fingerprint density at radius 2 is 2.05 bits per heavy atom. The molecule has 0 aliphatic heterocycles. The SMILES string of the molecule is N#Cc1ccc(CNC(=O)/C=C/c2ccc(I)o2)cc1. The monoisotopic (exact) mass is 378 g/mol. The van der Waals surface area contributed by atoms with Crippen molar-refractivity contribution in [2.45, 2.75) is 6.54 Å². The standard InChI is InChI=1S/C15H11IN2O2/c16-14-7-5-13(20-14)6-8-15(19)18-10-12-3-1-11(9-17)2-4-12/h1-8H,10H2,(H,18,19)/b8-6+. The third-order valence-electron chi connectivity index (χ3n) is 2.54. The van der Waals surface area contributed by atoms with Crippen LogP contribution in [0.5, 0.6) is 0 Å². The molecule has 100 valence electrons. The molecule has 4 nitrogen and oxygen atoms in total. The molecule has 0 fully saturated rings. The van der Waals surface area contributed by atoms with E-state index >= 15 is 0 Å². The number of amides is 1. The number of nitriles is 1. The molecule has 2 rings (SSSR count). The Kier molecular flexibility index (Phi) is 4.96. The van der Waals surface area contributed by atoms with Crippen LogP contribution < -0.4 is 5.32 Å². The Labute approximate surface area is 130 Å². The highest BCUT2D eigenvalue weighted by atomic mass is 127. The van der Waals surface area contributed by atoms with Crippen LogP contribution in [0, 0.1) is 15.1 Å².